The van der Waals surface area contributed by atoms with Crippen molar-refractivity contribution in [2.24, 2.45) is 0 Å². The summed E-state index contributed by atoms with van der Waals surface area (Å²) in [6.07, 6.45) is 3.45. The Morgan fingerprint density at radius 2 is 1.81 bits per heavy atom. The van der Waals surface area contributed by atoms with Crippen LogP contribution < -0.4 is 4.74 Å². The van der Waals surface area contributed by atoms with Gasteiger partial charge in [0.15, 0.2) is 5.78 Å². The number of aryl methyl sites for hydroxylation is 1. The summed E-state index contributed by atoms with van der Waals surface area (Å²) in [6.45, 7) is 1.98. The number of carbonyl (C=O) groups is 1. The molecule has 3 aromatic rings. The van der Waals surface area contributed by atoms with E-state index in [1.807, 2.05) is 67.6 Å². The summed E-state index contributed by atoms with van der Waals surface area (Å²) in [7, 11) is 1.68. The van der Waals surface area contributed by atoms with E-state index in [1.165, 1.54) is 4.90 Å². The normalized spacial score (nSPS) is 10.9. The Morgan fingerprint density at radius 3 is 2.56 bits per heavy atom. The highest BCUT2D eigenvalue weighted by Gasteiger charge is 2.06. The number of hydrogen-bond donors (Lipinski definition) is 0. The van der Waals surface area contributed by atoms with Gasteiger partial charge in [0, 0.05) is 21.8 Å². The van der Waals surface area contributed by atoms with Crippen molar-refractivity contribution >= 4 is 23.6 Å². The van der Waals surface area contributed by atoms with Crippen molar-refractivity contribution in [3.63, 3.8) is 0 Å². The minimum atomic E-state index is 0.00127. The summed E-state index contributed by atoms with van der Waals surface area (Å²) in [5, 5.41) is 0. The fourth-order valence-electron chi connectivity index (χ4n) is 2.73. The van der Waals surface area contributed by atoms with Crippen molar-refractivity contribution < 1.29 is 9.53 Å². The number of carbonyl (C=O) groups excluding carboxylic acids is 1. The predicted octanol–water partition coefficient (Wildman–Crippen LogP) is 6.19. The highest BCUT2D eigenvalue weighted by molar-refractivity contribution is 7.98. The monoisotopic (exact) mass is 374 g/mol. The van der Waals surface area contributed by atoms with Gasteiger partial charge in [-0.25, -0.2) is 0 Å². The Kier molecular flexibility index (Phi) is 6.50. The van der Waals surface area contributed by atoms with E-state index >= 15 is 0 Å². The number of thioether (sulfide) groups is 1. The molecule has 27 heavy (non-hydrogen) atoms. The molecule has 3 aromatic carbocycles. The Hall–Kier alpha value is -2.78. The molecule has 0 aromatic heterocycles. The highest BCUT2D eigenvalue weighted by atomic mass is 32.2. The van der Waals surface area contributed by atoms with E-state index in [4.69, 9.17) is 4.74 Å². The molecule has 0 unspecified atom stereocenters. The maximum atomic E-state index is 12.3. The van der Waals surface area contributed by atoms with Gasteiger partial charge >= 0.3 is 0 Å². The van der Waals surface area contributed by atoms with Crippen LogP contribution in [0.3, 0.4) is 0 Å². The number of hydrogen-bond acceptors (Lipinski definition) is 3. The van der Waals surface area contributed by atoms with Gasteiger partial charge in [0.2, 0.25) is 0 Å². The molecule has 0 aliphatic heterocycles. The first kappa shape index (κ1) is 19.0. The van der Waals surface area contributed by atoms with Crippen LogP contribution in [0.25, 0.3) is 6.08 Å². The van der Waals surface area contributed by atoms with E-state index in [0.717, 1.165) is 28.2 Å². The molecule has 0 aliphatic rings. The van der Waals surface area contributed by atoms with Gasteiger partial charge < -0.3 is 4.74 Å². The molecule has 0 bridgehead atoms. The summed E-state index contributed by atoms with van der Waals surface area (Å²) < 4.78 is 5.55. The van der Waals surface area contributed by atoms with Gasteiger partial charge in [-0.1, -0.05) is 60.2 Å². The number of methoxy groups -OCH3 is 1. The molecule has 0 saturated heterocycles. The molecule has 0 saturated carbocycles. The summed E-state index contributed by atoms with van der Waals surface area (Å²) in [6, 6.07) is 24.0. The zero-order valence-corrected chi connectivity index (χ0v) is 16.3. The number of ether oxygens (including phenoxy) is 1. The lowest BCUT2D eigenvalue weighted by molar-refractivity contribution is 0.104. The van der Waals surface area contributed by atoms with Crippen LogP contribution in [-0.4, -0.2) is 12.9 Å². The van der Waals surface area contributed by atoms with Gasteiger partial charge in [-0.15, -0.1) is 11.8 Å². The van der Waals surface area contributed by atoms with Gasteiger partial charge in [0.1, 0.15) is 5.75 Å². The van der Waals surface area contributed by atoms with Gasteiger partial charge in [0.05, 0.1) is 7.11 Å². The molecule has 0 N–H and O–H groups in total. The standard InChI is InChI=1S/C24H22O2S/c1-18-7-6-8-20(15-18)23(25)14-12-19-11-13-21(24(16-19)26-2)17-27-22-9-4-3-5-10-22/h3-16H,17H2,1-2H3/b14-12+. The van der Waals surface area contributed by atoms with Crippen LogP contribution >= 0.6 is 11.8 Å². The molecule has 0 amide bonds. The molecule has 0 aliphatic carbocycles. The van der Waals surface area contributed by atoms with Crippen LogP contribution in [-0.2, 0) is 5.75 Å². The molecular weight excluding hydrogens is 352 g/mol. The molecule has 3 heteroatoms. The van der Waals surface area contributed by atoms with Crippen molar-refractivity contribution in [1.29, 1.82) is 0 Å². The SMILES string of the molecule is COc1cc(/C=C/C(=O)c2cccc(C)c2)ccc1CSc1ccccc1. The molecule has 2 nitrogen and oxygen atoms in total. The molecule has 0 spiro atoms. The lowest BCUT2D eigenvalue weighted by atomic mass is 10.1. The number of rotatable bonds is 7. The molecule has 0 atom stereocenters. The Bertz CT molecular complexity index is 946. The maximum absolute atomic E-state index is 12.3. The third-order valence-corrected chi connectivity index (χ3v) is 5.24. The van der Waals surface area contributed by atoms with Crippen LogP contribution in [0.15, 0.2) is 83.8 Å². The first-order valence-corrected chi connectivity index (χ1v) is 9.78. The summed E-state index contributed by atoms with van der Waals surface area (Å²) in [5.41, 5.74) is 3.86. The lowest BCUT2D eigenvalue weighted by Gasteiger charge is -2.09. The van der Waals surface area contributed by atoms with E-state index in [-0.39, 0.29) is 5.78 Å². The van der Waals surface area contributed by atoms with Crippen LogP contribution in [0, 0.1) is 6.92 Å². The second kappa shape index (κ2) is 9.24. The number of ketones is 1. The van der Waals surface area contributed by atoms with E-state index < -0.39 is 0 Å². The summed E-state index contributed by atoms with van der Waals surface area (Å²) in [4.78, 5) is 13.6. The first-order chi connectivity index (χ1) is 13.2. The van der Waals surface area contributed by atoms with Crippen LogP contribution in [0.2, 0.25) is 0 Å². The Labute approximate surface area is 164 Å². The van der Waals surface area contributed by atoms with Crippen LogP contribution in [0.1, 0.15) is 27.0 Å². The topological polar surface area (TPSA) is 26.3 Å². The zero-order chi connectivity index (χ0) is 19.1. The predicted molar refractivity (Wildman–Crippen MR) is 114 cm³/mol. The Balaban J connectivity index is 1.70. The van der Waals surface area contributed by atoms with Crippen molar-refractivity contribution in [1.82, 2.24) is 0 Å². The highest BCUT2D eigenvalue weighted by Crippen LogP contribution is 2.29. The summed E-state index contributed by atoms with van der Waals surface area (Å²) >= 11 is 1.77. The number of allylic oxidation sites excluding steroid dienone is 1. The van der Waals surface area contributed by atoms with Gasteiger partial charge in [0.25, 0.3) is 0 Å². The van der Waals surface area contributed by atoms with Gasteiger partial charge in [-0.2, -0.15) is 0 Å². The maximum Gasteiger partial charge on any atom is 0.185 e. The average molecular weight is 375 g/mol. The van der Waals surface area contributed by atoms with Crippen molar-refractivity contribution in [2.75, 3.05) is 7.11 Å². The third-order valence-electron chi connectivity index (χ3n) is 4.18. The second-order valence-corrected chi connectivity index (χ2v) is 7.29. The van der Waals surface area contributed by atoms with Crippen molar-refractivity contribution in [3.8, 4) is 5.75 Å². The van der Waals surface area contributed by atoms with E-state index in [1.54, 1.807) is 24.9 Å². The molecular formula is C24H22O2S. The third kappa shape index (κ3) is 5.35. The van der Waals surface area contributed by atoms with E-state index in [0.29, 0.717) is 5.56 Å². The van der Waals surface area contributed by atoms with Crippen LogP contribution in [0.4, 0.5) is 0 Å². The van der Waals surface area contributed by atoms with E-state index in [2.05, 4.69) is 18.2 Å². The molecule has 0 fully saturated rings. The zero-order valence-electron chi connectivity index (χ0n) is 15.5. The van der Waals surface area contributed by atoms with E-state index in [9.17, 15) is 4.79 Å². The fraction of sp³-hybridized carbons (Fsp3) is 0.125. The molecule has 3 rings (SSSR count). The number of benzene rings is 3. The minimum Gasteiger partial charge on any atom is -0.496 e. The molecule has 0 radical (unpaired) electrons. The van der Waals surface area contributed by atoms with Gasteiger partial charge in [-0.3, -0.25) is 4.79 Å². The minimum absolute atomic E-state index is 0.00127. The largest absolute Gasteiger partial charge is 0.496 e. The first-order valence-electron chi connectivity index (χ1n) is 8.79. The second-order valence-electron chi connectivity index (χ2n) is 6.24. The van der Waals surface area contributed by atoms with Crippen molar-refractivity contribution in [3.05, 3.63) is 101 Å². The Morgan fingerprint density at radius 1 is 1.00 bits per heavy atom. The van der Waals surface area contributed by atoms with Crippen LogP contribution in [0.5, 0.6) is 5.75 Å². The molecule has 136 valence electrons. The summed E-state index contributed by atoms with van der Waals surface area (Å²) in [5.74, 6) is 1.67. The average Bonchev–Trinajstić information content (AvgIpc) is 2.71. The molecule has 0 heterocycles. The quantitative estimate of drug-likeness (QED) is 0.280. The van der Waals surface area contributed by atoms with Crippen molar-refractivity contribution in [2.45, 2.75) is 17.6 Å². The smallest absolute Gasteiger partial charge is 0.185 e. The fourth-order valence-corrected chi connectivity index (χ4v) is 3.64. The lowest BCUT2D eigenvalue weighted by Crippen LogP contribution is -1.95. The van der Waals surface area contributed by atoms with Gasteiger partial charge in [-0.05, 0) is 42.8 Å².